The van der Waals surface area contributed by atoms with E-state index >= 15 is 0 Å². The summed E-state index contributed by atoms with van der Waals surface area (Å²) in [5.74, 6) is 1.10. The molecule has 0 heterocycles. The topological polar surface area (TPSA) is 44.8 Å². The van der Waals surface area contributed by atoms with Crippen LogP contribution >= 0.6 is 15.9 Å². The maximum absolute atomic E-state index is 11.9. The largest absolute Gasteiger partial charge is 0.495 e. The molecule has 0 aromatic heterocycles. The van der Waals surface area contributed by atoms with Crippen molar-refractivity contribution in [3.63, 3.8) is 0 Å². The van der Waals surface area contributed by atoms with E-state index in [-0.39, 0.29) is 5.78 Å². The first kappa shape index (κ1) is 14.0. The van der Waals surface area contributed by atoms with Crippen molar-refractivity contribution in [2.45, 2.75) is 6.42 Å². The standard InChI is InChI=1S/C12H15BrO4/c1-15-7-6-9(14)8-4-5-10(16-2)11(13)12(8)17-3/h4-5H,6-7H2,1-3H3. The number of rotatable bonds is 6. The lowest BCUT2D eigenvalue weighted by Gasteiger charge is -2.12. The lowest BCUT2D eigenvalue weighted by molar-refractivity contribution is 0.0929. The van der Waals surface area contributed by atoms with Crippen molar-refractivity contribution >= 4 is 21.7 Å². The zero-order valence-electron chi connectivity index (χ0n) is 10.1. The Morgan fingerprint density at radius 1 is 1.24 bits per heavy atom. The van der Waals surface area contributed by atoms with Crippen LogP contribution in [0.15, 0.2) is 16.6 Å². The lowest BCUT2D eigenvalue weighted by Crippen LogP contribution is -2.06. The predicted molar refractivity (Wildman–Crippen MR) is 68.1 cm³/mol. The van der Waals surface area contributed by atoms with Crippen molar-refractivity contribution in [2.75, 3.05) is 27.9 Å². The van der Waals surface area contributed by atoms with Gasteiger partial charge in [0.2, 0.25) is 0 Å². The van der Waals surface area contributed by atoms with E-state index in [1.165, 1.54) is 7.11 Å². The Kier molecular flexibility index (Phi) is 5.44. The highest BCUT2D eigenvalue weighted by Gasteiger charge is 2.17. The third kappa shape index (κ3) is 3.20. The maximum atomic E-state index is 11.9. The van der Waals surface area contributed by atoms with Crippen LogP contribution in [-0.2, 0) is 4.74 Å². The van der Waals surface area contributed by atoms with E-state index in [9.17, 15) is 4.79 Å². The van der Waals surface area contributed by atoms with Crippen molar-refractivity contribution in [1.29, 1.82) is 0 Å². The monoisotopic (exact) mass is 302 g/mol. The highest BCUT2D eigenvalue weighted by Crippen LogP contribution is 2.37. The molecule has 0 saturated heterocycles. The highest BCUT2D eigenvalue weighted by atomic mass is 79.9. The summed E-state index contributed by atoms with van der Waals surface area (Å²) in [6.07, 6.45) is 0.325. The number of ketones is 1. The van der Waals surface area contributed by atoms with Gasteiger partial charge in [-0.2, -0.15) is 0 Å². The van der Waals surface area contributed by atoms with Crippen molar-refractivity contribution in [3.05, 3.63) is 22.2 Å². The van der Waals surface area contributed by atoms with Crippen molar-refractivity contribution in [1.82, 2.24) is 0 Å². The average Bonchev–Trinajstić information content (AvgIpc) is 2.35. The zero-order valence-corrected chi connectivity index (χ0v) is 11.7. The van der Waals surface area contributed by atoms with Gasteiger partial charge in [-0.3, -0.25) is 4.79 Å². The molecule has 1 aromatic carbocycles. The van der Waals surface area contributed by atoms with E-state index < -0.39 is 0 Å². The van der Waals surface area contributed by atoms with Crippen LogP contribution < -0.4 is 9.47 Å². The Bertz CT molecular complexity index is 404. The lowest BCUT2D eigenvalue weighted by atomic mass is 10.1. The summed E-state index contributed by atoms with van der Waals surface area (Å²) in [6.45, 7) is 0.394. The van der Waals surface area contributed by atoms with Gasteiger partial charge in [-0.25, -0.2) is 0 Å². The highest BCUT2D eigenvalue weighted by molar-refractivity contribution is 9.10. The fourth-order valence-electron chi connectivity index (χ4n) is 1.44. The average molecular weight is 303 g/mol. The molecule has 0 aliphatic rings. The molecule has 1 aromatic rings. The molecule has 0 aliphatic carbocycles. The van der Waals surface area contributed by atoms with Crippen LogP contribution in [0.1, 0.15) is 16.8 Å². The number of benzene rings is 1. The molecule has 0 N–H and O–H groups in total. The van der Waals surface area contributed by atoms with Crippen molar-refractivity contribution in [2.24, 2.45) is 0 Å². The SMILES string of the molecule is COCCC(=O)c1ccc(OC)c(Br)c1OC. The Balaban J connectivity index is 3.07. The van der Waals surface area contributed by atoms with Crippen molar-refractivity contribution in [3.8, 4) is 11.5 Å². The molecule has 0 unspecified atom stereocenters. The van der Waals surface area contributed by atoms with Gasteiger partial charge in [-0.1, -0.05) is 0 Å². The van der Waals surface area contributed by atoms with Gasteiger partial charge in [0, 0.05) is 13.5 Å². The van der Waals surface area contributed by atoms with Gasteiger partial charge >= 0.3 is 0 Å². The summed E-state index contributed by atoms with van der Waals surface area (Å²) >= 11 is 3.36. The molecule has 0 saturated carbocycles. The molecule has 5 heteroatoms. The first-order chi connectivity index (χ1) is 8.15. The summed E-state index contributed by atoms with van der Waals surface area (Å²) in [6, 6.07) is 3.42. The summed E-state index contributed by atoms with van der Waals surface area (Å²) in [7, 11) is 4.65. The maximum Gasteiger partial charge on any atom is 0.168 e. The van der Waals surface area contributed by atoms with E-state index in [2.05, 4.69) is 15.9 Å². The minimum absolute atomic E-state index is 0.0212. The van der Waals surface area contributed by atoms with Crippen LogP contribution in [0.4, 0.5) is 0 Å². The summed E-state index contributed by atoms with van der Waals surface area (Å²) in [5.41, 5.74) is 0.525. The Morgan fingerprint density at radius 3 is 2.47 bits per heavy atom. The molecule has 94 valence electrons. The van der Waals surface area contributed by atoms with Crippen LogP contribution in [-0.4, -0.2) is 33.7 Å². The van der Waals surface area contributed by atoms with E-state index in [1.54, 1.807) is 26.4 Å². The second-order valence-electron chi connectivity index (χ2n) is 3.33. The first-order valence-electron chi connectivity index (χ1n) is 5.08. The van der Waals surface area contributed by atoms with Gasteiger partial charge in [-0.05, 0) is 28.1 Å². The third-order valence-corrected chi connectivity index (χ3v) is 3.07. The van der Waals surface area contributed by atoms with Gasteiger partial charge in [0.1, 0.15) is 16.0 Å². The van der Waals surface area contributed by atoms with Crippen LogP contribution in [0, 0.1) is 0 Å². The molecule has 1 rings (SSSR count). The summed E-state index contributed by atoms with van der Waals surface area (Å²) < 4.78 is 15.9. The molecule has 0 fully saturated rings. The van der Waals surface area contributed by atoms with Crippen LogP contribution in [0.5, 0.6) is 11.5 Å². The summed E-state index contributed by atoms with van der Waals surface area (Å²) in [4.78, 5) is 11.9. The Labute approximate surface area is 109 Å². The first-order valence-corrected chi connectivity index (χ1v) is 5.87. The molecule has 0 aliphatic heterocycles. The van der Waals surface area contributed by atoms with Crippen LogP contribution in [0.3, 0.4) is 0 Å². The minimum Gasteiger partial charge on any atom is -0.495 e. The molecule has 0 atom stereocenters. The number of hydrogen-bond acceptors (Lipinski definition) is 4. The van der Waals surface area contributed by atoms with Crippen molar-refractivity contribution < 1.29 is 19.0 Å². The zero-order chi connectivity index (χ0) is 12.8. The number of methoxy groups -OCH3 is 3. The van der Waals surface area contributed by atoms with E-state index in [4.69, 9.17) is 14.2 Å². The molecule has 0 spiro atoms. The Hall–Kier alpha value is -1.07. The molecule has 0 bridgehead atoms. The minimum atomic E-state index is -0.0212. The smallest absolute Gasteiger partial charge is 0.168 e. The Morgan fingerprint density at radius 2 is 1.94 bits per heavy atom. The number of carbonyl (C=O) groups is 1. The van der Waals surface area contributed by atoms with Crippen LogP contribution in [0.25, 0.3) is 0 Å². The number of halogens is 1. The molecule has 0 radical (unpaired) electrons. The number of Topliss-reactive ketones (excluding diaryl/α,β-unsaturated/α-hetero) is 1. The third-order valence-electron chi connectivity index (χ3n) is 2.32. The second-order valence-corrected chi connectivity index (χ2v) is 4.12. The summed E-state index contributed by atoms with van der Waals surface area (Å²) in [5, 5.41) is 0. The van der Waals surface area contributed by atoms with Gasteiger partial charge in [0.15, 0.2) is 5.78 Å². The quantitative estimate of drug-likeness (QED) is 0.758. The molecule has 17 heavy (non-hydrogen) atoms. The van der Waals surface area contributed by atoms with Gasteiger partial charge in [0.25, 0.3) is 0 Å². The van der Waals surface area contributed by atoms with E-state index in [1.807, 2.05) is 0 Å². The van der Waals surface area contributed by atoms with Gasteiger partial charge in [-0.15, -0.1) is 0 Å². The molecule has 0 amide bonds. The van der Waals surface area contributed by atoms with E-state index in [0.717, 1.165) is 0 Å². The number of carbonyl (C=O) groups excluding carboxylic acids is 1. The normalized spacial score (nSPS) is 10.1. The molecular formula is C12H15BrO4. The van der Waals surface area contributed by atoms with E-state index in [0.29, 0.717) is 34.6 Å². The van der Waals surface area contributed by atoms with Gasteiger partial charge < -0.3 is 14.2 Å². The number of hydrogen-bond donors (Lipinski definition) is 0. The van der Waals surface area contributed by atoms with Gasteiger partial charge in [0.05, 0.1) is 26.4 Å². The molecule has 4 nitrogen and oxygen atoms in total. The molecular weight excluding hydrogens is 288 g/mol. The van der Waals surface area contributed by atoms with Crippen LogP contribution in [0.2, 0.25) is 0 Å². The fourth-order valence-corrected chi connectivity index (χ4v) is 2.11. The second kappa shape index (κ2) is 6.61. The number of ether oxygens (including phenoxy) is 3. The fraction of sp³-hybridized carbons (Fsp3) is 0.417. The predicted octanol–water partition coefficient (Wildman–Crippen LogP) is 2.69.